The van der Waals surface area contributed by atoms with Gasteiger partial charge in [-0.25, -0.2) is 4.79 Å². The first-order valence-corrected chi connectivity index (χ1v) is 7.46. The smallest absolute Gasteiger partial charge is 0.321 e. The van der Waals surface area contributed by atoms with Crippen LogP contribution in [-0.2, 0) is 0 Å². The molecule has 3 N–H and O–H groups in total. The van der Waals surface area contributed by atoms with Crippen LogP contribution >= 0.6 is 0 Å². The number of likely N-dealkylation sites (tertiary alicyclic amines) is 1. The number of urea groups is 1. The largest absolute Gasteiger partial charge is 0.324 e. The maximum absolute atomic E-state index is 12.3. The first kappa shape index (κ1) is 15.8. The molecule has 21 heavy (non-hydrogen) atoms. The second-order valence-electron chi connectivity index (χ2n) is 6.25. The second-order valence-corrected chi connectivity index (χ2v) is 6.25. The lowest BCUT2D eigenvalue weighted by atomic mass is 10.1. The first-order chi connectivity index (χ1) is 9.88. The van der Waals surface area contributed by atoms with Gasteiger partial charge in [-0.05, 0) is 44.6 Å². The molecule has 0 bridgehead atoms. The fraction of sp³-hybridized carbons (Fsp3) is 0.562. The molecule has 0 radical (unpaired) electrons. The van der Waals surface area contributed by atoms with Crippen LogP contribution in [0.2, 0.25) is 0 Å². The zero-order valence-corrected chi connectivity index (χ0v) is 13.3. The number of hydrogen-bond acceptors (Lipinski definition) is 3. The summed E-state index contributed by atoms with van der Waals surface area (Å²) in [5, 5.41) is 2.96. The summed E-state index contributed by atoms with van der Waals surface area (Å²) in [5.74, 6) is 0.492. The van der Waals surface area contributed by atoms with Crippen LogP contribution in [0, 0.1) is 5.92 Å². The van der Waals surface area contributed by atoms with E-state index in [4.69, 9.17) is 5.73 Å². The summed E-state index contributed by atoms with van der Waals surface area (Å²) in [6.45, 7) is 5.71. The molecule has 0 aliphatic carbocycles. The van der Waals surface area contributed by atoms with Crippen LogP contribution in [0.25, 0.3) is 0 Å². The van der Waals surface area contributed by atoms with Crippen molar-refractivity contribution in [1.82, 2.24) is 9.80 Å². The number of nitrogens with zero attached hydrogens (tertiary/aromatic N) is 2. The molecule has 1 aliphatic heterocycles. The number of rotatable bonds is 3. The predicted molar refractivity (Wildman–Crippen MR) is 86.3 cm³/mol. The summed E-state index contributed by atoms with van der Waals surface area (Å²) in [6, 6.07) is 8.12. The van der Waals surface area contributed by atoms with Gasteiger partial charge in [0.2, 0.25) is 0 Å². The van der Waals surface area contributed by atoms with Gasteiger partial charge >= 0.3 is 6.03 Å². The molecule has 2 amide bonds. The van der Waals surface area contributed by atoms with Crippen molar-refractivity contribution in [3.63, 3.8) is 0 Å². The number of amides is 2. The van der Waals surface area contributed by atoms with Crippen LogP contribution in [0.5, 0.6) is 0 Å². The number of hydrogen-bond donors (Lipinski definition) is 2. The Balaban J connectivity index is 1.96. The molecular weight excluding hydrogens is 264 g/mol. The molecule has 1 aromatic rings. The van der Waals surface area contributed by atoms with Crippen molar-refractivity contribution in [2.75, 3.05) is 32.5 Å². The molecule has 116 valence electrons. The SMILES string of the molecule is CC(N)c1ccc(NC(=O)N2CC(C)C(N(C)C)C2)cc1. The molecule has 1 saturated heterocycles. The third-order valence-corrected chi connectivity index (χ3v) is 4.21. The van der Waals surface area contributed by atoms with Crippen molar-refractivity contribution in [2.45, 2.75) is 25.9 Å². The van der Waals surface area contributed by atoms with Gasteiger partial charge in [0.25, 0.3) is 0 Å². The fourth-order valence-corrected chi connectivity index (χ4v) is 2.86. The van der Waals surface area contributed by atoms with Gasteiger partial charge in [-0.15, -0.1) is 0 Å². The number of carbonyl (C=O) groups excluding carboxylic acids is 1. The summed E-state index contributed by atoms with van der Waals surface area (Å²) in [6.07, 6.45) is 0. The predicted octanol–water partition coefficient (Wildman–Crippen LogP) is 2.12. The summed E-state index contributed by atoms with van der Waals surface area (Å²) < 4.78 is 0. The molecule has 0 aromatic heterocycles. The number of benzene rings is 1. The Morgan fingerprint density at radius 2 is 1.95 bits per heavy atom. The van der Waals surface area contributed by atoms with Gasteiger partial charge in [-0.1, -0.05) is 19.1 Å². The van der Waals surface area contributed by atoms with Gasteiger partial charge < -0.3 is 20.9 Å². The second kappa shape index (κ2) is 6.45. The Morgan fingerprint density at radius 3 is 2.43 bits per heavy atom. The number of carbonyl (C=O) groups is 1. The molecule has 1 aliphatic rings. The Labute approximate surface area is 127 Å². The molecule has 1 fully saturated rings. The van der Waals surface area contributed by atoms with E-state index >= 15 is 0 Å². The third kappa shape index (κ3) is 3.74. The van der Waals surface area contributed by atoms with E-state index in [0.29, 0.717) is 12.0 Å². The van der Waals surface area contributed by atoms with Gasteiger partial charge in [0.05, 0.1) is 0 Å². The molecule has 0 saturated carbocycles. The Morgan fingerprint density at radius 1 is 1.33 bits per heavy atom. The molecular formula is C16H26N4O. The molecule has 3 atom stereocenters. The number of nitrogens with one attached hydrogen (secondary N) is 1. The van der Waals surface area contributed by atoms with E-state index in [1.54, 1.807) is 0 Å². The van der Waals surface area contributed by atoms with Gasteiger partial charge in [-0.2, -0.15) is 0 Å². The highest BCUT2D eigenvalue weighted by Crippen LogP contribution is 2.21. The highest BCUT2D eigenvalue weighted by atomic mass is 16.2. The molecule has 3 unspecified atom stereocenters. The zero-order chi connectivity index (χ0) is 15.6. The third-order valence-electron chi connectivity index (χ3n) is 4.21. The Bertz CT molecular complexity index is 484. The van der Waals surface area contributed by atoms with Crippen LogP contribution in [0.15, 0.2) is 24.3 Å². The van der Waals surface area contributed by atoms with Gasteiger partial charge in [0.15, 0.2) is 0 Å². The first-order valence-electron chi connectivity index (χ1n) is 7.46. The topological polar surface area (TPSA) is 61.6 Å². The van der Waals surface area contributed by atoms with Crippen molar-refractivity contribution in [1.29, 1.82) is 0 Å². The summed E-state index contributed by atoms with van der Waals surface area (Å²) in [5.41, 5.74) is 7.70. The summed E-state index contributed by atoms with van der Waals surface area (Å²) in [7, 11) is 4.13. The van der Waals surface area contributed by atoms with Crippen LogP contribution in [-0.4, -0.2) is 49.1 Å². The van der Waals surface area contributed by atoms with Crippen LogP contribution in [0.3, 0.4) is 0 Å². The number of nitrogens with two attached hydrogens (primary N) is 1. The highest BCUT2D eigenvalue weighted by molar-refractivity contribution is 5.89. The normalized spacial score (nSPS) is 23.4. The molecule has 5 heteroatoms. The maximum atomic E-state index is 12.3. The van der Waals surface area contributed by atoms with Crippen LogP contribution in [0.4, 0.5) is 10.5 Å². The quantitative estimate of drug-likeness (QED) is 0.896. The van der Waals surface area contributed by atoms with Gasteiger partial charge in [0, 0.05) is 30.9 Å². The van der Waals surface area contributed by atoms with Crippen molar-refractivity contribution in [2.24, 2.45) is 11.7 Å². The molecule has 5 nitrogen and oxygen atoms in total. The monoisotopic (exact) mass is 290 g/mol. The van der Waals surface area contributed by atoms with E-state index in [-0.39, 0.29) is 12.1 Å². The van der Waals surface area contributed by atoms with E-state index in [1.807, 2.05) is 36.1 Å². The lowest BCUT2D eigenvalue weighted by Gasteiger charge is -2.22. The van der Waals surface area contributed by atoms with Crippen molar-refractivity contribution < 1.29 is 4.79 Å². The Hall–Kier alpha value is -1.59. The molecule has 1 aromatic carbocycles. The van der Waals surface area contributed by atoms with E-state index in [0.717, 1.165) is 24.3 Å². The molecule has 0 spiro atoms. The van der Waals surface area contributed by atoms with E-state index in [2.05, 4.69) is 31.2 Å². The van der Waals surface area contributed by atoms with Gasteiger partial charge in [0.1, 0.15) is 0 Å². The minimum Gasteiger partial charge on any atom is -0.324 e. The summed E-state index contributed by atoms with van der Waals surface area (Å²) >= 11 is 0. The van der Waals surface area contributed by atoms with Crippen molar-refractivity contribution >= 4 is 11.7 Å². The molecule has 1 heterocycles. The average molecular weight is 290 g/mol. The van der Waals surface area contributed by atoms with Crippen LogP contribution in [0.1, 0.15) is 25.5 Å². The van der Waals surface area contributed by atoms with Crippen molar-refractivity contribution in [3.05, 3.63) is 29.8 Å². The standard InChI is InChI=1S/C16H26N4O/c1-11-9-20(10-15(11)19(3)4)16(21)18-14-7-5-13(6-8-14)12(2)17/h5-8,11-12,15H,9-10,17H2,1-4H3,(H,18,21). The van der Waals surface area contributed by atoms with Gasteiger partial charge in [-0.3, -0.25) is 0 Å². The molecule has 2 rings (SSSR count). The zero-order valence-electron chi connectivity index (χ0n) is 13.3. The lowest BCUT2D eigenvalue weighted by Crippen LogP contribution is -2.37. The van der Waals surface area contributed by atoms with Crippen molar-refractivity contribution in [3.8, 4) is 0 Å². The average Bonchev–Trinajstić information content (AvgIpc) is 2.81. The highest BCUT2D eigenvalue weighted by Gasteiger charge is 2.33. The Kier molecular flexibility index (Phi) is 4.85. The van der Waals surface area contributed by atoms with Crippen LogP contribution < -0.4 is 11.1 Å². The number of anilines is 1. The minimum atomic E-state index is -0.0280. The van der Waals surface area contributed by atoms with E-state index in [9.17, 15) is 4.79 Å². The lowest BCUT2D eigenvalue weighted by molar-refractivity contribution is 0.216. The fourth-order valence-electron chi connectivity index (χ4n) is 2.86. The minimum absolute atomic E-state index is 0.00929. The maximum Gasteiger partial charge on any atom is 0.321 e. The van der Waals surface area contributed by atoms with E-state index in [1.165, 1.54) is 0 Å². The number of likely N-dealkylation sites (N-methyl/N-ethyl adjacent to an activating group) is 1. The summed E-state index contributed by atoms with van der Waals surface area (Å²) in [4.78, 5) is 16.4. The van der Waals surface area contributed by atoms with E-state index < -0.39 is 0 Å².